The molecule has 2 aromatic rings. The summed E-state index contributed by atoms with van der Waals surface area (Å²) in [7, 11) is 0. The number of benzene rings is 1. The number of aromatic nitrogens is 2. The number of para-hydroxylation sites is 1. The third-order valence-corrected chi connectivity index (χ3v) is 2.24. The van der Waals surface area contributed by atoms with Gasteiger partial charge in [-0.15, -0.1) is 0 Å². The van der Waals surface area contributed by atoms with E-state index in [2.05, 4.69) is 27.4 Å². The van der Waals surface area contributed by atoms with Gasteiger partial charge >= 0.3 is 6.01 Å². The van der Waals surface area contributed by atoms with Crippen LogP contribution < -0.4 is 15.6 Å². The van der Waals surface area contributed by atoms with Gasteiger partial charge in [-0.05, 0) is 12.1 Å². The van der Waals surface area contributed by atoms with Crippen molar-refractivity contribution in [3.05, 3.63) is 54.8 Å². The molecule has 1 aromatic carbocycles. The molecule has 0 unspecified atom stereocenters. The zero-order valence-corrected chi connectivity index (χ0v) is 10.4. The topological polar surface area (TPSA) is 59.1 Å². The lowest BCUT2D eigenvalue weighted by Crippen LogP contribution is -2.13. The lowest BCUT2D eigenvalue weighted by Gasteiger charge is -2.11. The molecule has 20 heavy (non-hydrogen) atoms. The molecule has 0 saturated carbocycles. The minimum absolute atomic E-state index is 0.0101. The molecule has 0 aliphatic heterocycles. The van der Waals surface area contributed by atoms with Gasteiger partial charge in [0, 0.05) is 0 Å². The van der Waals surface area contributed by atoms with E-state index in [1.165, 1.54) is 18.2 Å². The number of anilines is 2. The average molecular weight is 278 g/mol. The van der Waals surface area contributed by atoms with Crippen LogP contribution in [0.5, 0.6) is 6.01 Å². The maximum Gasteiger partial charge on any atom is 0.318 e. The van der Waals surface area contributed by atoms with Gasteiger partial charge in [-0.2, -0.15) is 4.98 Å². The number of rotatable bonds is 6. The molecule has 0 bridgehead atoms. The first-order valence-corrected chi connectivity index (χ1v) is 5.73. The Labute approximate surface area is 114 Å². The van der Waals surface area contributed by atoms with Crippen molar-refractivity contribution in [2.45, 2.75) is 0 Å². The molecule has 7 heteroatoms. The number of hydrazine groups is 1. The summed E-state index contributed by atoms with van der Waals surface area (Å²) in [5.41, 5.74) is 5.15. The van der Waals surface area contributed by atoms with Crippen molar-refractivity contribution in [3.8, 4) is 6.01 Å². The number of hydrogen-bond donors (Lipinski definition) is 2. The Hall–Kier alpha value is -2.70. The molecule has 0 fully saturated rings. The molecule has 0 atom stereocenters. The Bertz CT molecular complexity index is 607. The van der Waals surface area contributed by atoms with Crippen molar-refractivity contribution < 1.29 is 13.5 Å². The fraction of sp³-hybridized carbons (Fsp3) is 0.0769. The van der Waals surface area contributed by atoms with Crippen LogP contribution in [0.1, 0.15) is 0 Å². The van der Waals surface area contributed by atoms with Crippen LogP contribution in [0, 0.1) is 11.6 Å². The zero-order chi connectivity index (χ0) is 14.4. The van der Waals surface area contributed by atoms with Crippen molar-refractivity contribution in [1.82, 2.24) is 9.97 Å². The predicted molar refractivity (Wildman–Crippen MR) is 71.3 cm³/mol. The molecule has 0 amide bonds. The maximum absolute atomic E-state index is 13.5. The second-order valence-electron chi connectivity index (χ2n) is 3.68. The Morgan fingerprint density at radius 2 is 2.00 bits per heavy atom. The molecule has 2 N–H and O–H groups in total. The highest BCUT2D eigenvalue weighted by Gasteiger charge is 2.08. The van der Waals surface area contributed by atoms with Crippen molar-refractivity contribution in [1.29, 1.82) is 0 Å². The molecule has 1 aromatic heterocycles. The van der Waals surface area contributed by atoms with Gasteiger partial charge in [0.2, 0.25) is 0 Å². The number of nitrogens with zero attached hydrogens (tertiary/aromatic N) is 2. The molecule has 2 rings (SSSR count). The summed E-state index contributed by atoms with van der Waals surface area (Å²) in [6.07, 6.45) is 2.47. The molecular formula is C13H12F2N4O. The van der Waals surface area contributed by atoms with Crippen LogP contribution in [-0.2, 0) is 0 Å². The third-order valence-electron chi connectivity index (χ3n) is 2.24. The van der Waals surface area contributed by atoms with Crippen LogP contribution in [0.15, 0.2) is 43.1 Å². The van der Waals surface area contributed by atoms with E-state index in [4.69, 9.17) is 4.74 Å². The summed E-state index contributed by atoms with van der Waals surface area (Å²) >= 11 is 0. The van der Waals surface area contributed by atoms with Gasteiger partial charge in [-0.3, -0.25) is 10.9 Å². The third kappa shape index (κ3) is 3.41. The van der Waals surface area contributed by atoms with Gasteiger partial charge in [0.1, 0.15) is 12.4 Å². The molecule has 1 heterocycles. The summed E-state index contributed by atoms with van der Waals surface area (Å²) < 4.78 is 31.9. The van der Waals surface area contributed by atoms with Crippen molar-refractivity contribution in [2.75, 3.05) is 17.5 Å². The molecule has 0 aliphatic carbocycles. The Morgan fingerprint density at radius 1 is 1.20 bits per heavy atom. The van der Waals surface area contributed by atoms with Crippen LogP contribution in [0.25, 0.3) is 0 Å². The SMILES string of the molecule is C=CCOc1ncc(F)c(NNc2ccccc2F)n1. The van der Waals surface area contributed by atoms with E-state index in [0.717, 1.165) is 6.20 Å². The highest BCUT2D eigenvalue weighted by molar-refractivity contribution is 5.50. The fourth-order valence-corrected chi connectivity index (χ4v) is 1.33. The van der Waals surface area contributed by atoms with Gasteiger partial charge in [0.05, 0.1) is 11.9 Å². The smallest absolute Gasteiger partial charge is 0.318 e. The summed E-state index contributed by atoms with van der Waals surface area (Å²) in [5, 5.41) is 0. The minimum atomic E-state index is -0.695. The highest BCUT2D eigenvalue weighted by atomic mass is 19.1. The first-order chi connectivity index (χ1) is 9.70. The second-order valence-corrected chi connectivity index (χ2v) is 3.68. The molecule has 0 radical (unpaired) electrons. The molecule has 5 nitrogen and oxygen atoms in total. The Balaban J connectivity index is 2.08. The van der Waals surface area contributed by atoms with Crippen LogP contribution in [-0.4, -0.2) is 16.6 Å². The predicted octanol–water partition coefficient (Wildman–Crippen LogP) is 2.76. The van der Waals surface area contributed by atoms with Crippen LogP contribution in [0.4, 0.5) is 20.3 Å². The van der Waals surface area contributed by atoms with Gasteiger partial charge in [-0.25, -0.2) is 13.8 Å². The summed E-state index contributed by atoms with van der Waals surface area (Å²) in [4.78, 5) is 7.45. The zero-order valence-electron chi connectivity index (χ0n) is 10.4. The van der Waals surface area contributed by atoms with Gasteiger partial charge in [0.15, 0.2) is 11.6 Å². The summed E-state index contributed by atoms with van der Waals surface area (Å²) in [6.45, 7) is 3.68. The van der Waals surface area contributed by atoms with E-state index in [9.17, 15) is 8.78 Å². The van der Waals surface area contributed by atoms with Gasteiger partial charge in [0.25, 0.3) is 0 Å². The number of hydrogen-bond acceptors (Lipinski definition) is 5. The second kappa shape index (κ2) is 6.46. The largest absolute Gasteiger partial charge is 0.459 e. The number of ether oxygens (including phenoxy) is 1. The molecule has 0 spiro atoms. The first kappa shape index (κ1) is 13.7. The van der Waals surface area contributed by atoms with Gasteiger partial charge < -0.3 is 4.74 Å². The van der Waals surface area contributed by atoms with Crippen molar-refractivity contribution in [2.24, 2.45) is 0 Å². The molecule has 104 valence electrons. The normalized spacial score (nSPS) is 9.90. The molecular weight excluding hydrogens is 266 g/mol. The lowest BCUT2D eigenvalue weighted by molar-refractivity contribution is 0.332. The standard InChI is InChI=1S/C13H12F2N4O/c1-2-7-20-13-16-8-10(15)12(17-13)19-18-11-6-4-3-5-9(11)14/h2-6,8,18H,1,7H2,(H,16,17,19). The number of nitrogens with one attached hydrogen (secondary N) is 2. The monoisotopic (exact) mass is 278 g/mol. The van der Waals surface area contributed by atoms with E-state index < -0.39 is 11.6 Å². The van der Waals surface area contributed by atoms with Crippen molar-refractivity contribution in [3.63, 3.8) is 0 Å². The summed E-state index contributed by atoms with van der Waals surface area (Å²) in [6, 6.07) is 5.95. The minimum Gasteiger partial charge on any atom is -0.459 e. The Kier molecular flexibility index (Phi) is 4.43. The maximum atomic E-state index is 13.5. The quantitative estimate of drug-likeness (QED) is 0.628. The lowest BCUT2D eigenvalue weighted by atomic mass is 10.3. The first-order valence-electron chi connectivity index (χ1n) is 5.73. The van der Waals surface area contributed by atoms with E-state index >= 15 is 0 Å². The van der Waals surface area contributed by atoms with E-state index in [1.807, 2.05) is 0 Å². The van der Waals surface area contributed by atoms with E-state index in [-0.39, 0.29) is 24.1 Å². The van der Waals surface area contributed by atoms with Gasteiger partial charge in [-0.1, -0.05) is 24.8 Å². The summed E-state index contributed by atoms with van der Waals surface area (Å²) in [5.74, 6) is -1.32. The fourth-order valence-electron chi connectivity index (χ4n) is 1.33. The molecule has 0 saturated heterocycles. The van der Waals surface area contributed by atoms with Crippen LogP contribution in [0.3, 0.4) is 0 Å². The molecule has 0 aliphatic rings. The highest BCUT2D eigenvalue weighted by Crippen LogP contribution is 2.16. The van der Waals surface area contributed by atoms with Crippen molar-refractivity contribution >= 4 is 11.5 Å². The van der Waals surface area contributed by atoms with E-state index in [0.29, 0.717) is 0 Å². The van der Waals surface area contributed by atoms with Crippen LogP contribution in [0.2, 0.25) is 0 Å². The average Bonchev–Trinajstić information content (AvgIpc) is 2.46. The van der Waals surface area contributed by atoms with E-state index in [1.54, 1.807) is 12.1 Å². The Morgan fingerprint density at radius 3 is 2.75 bits per heavy atom. The number of halogens is 2. The van der Waals surface area contributed by atoms with Crippen LogP contribution >= 0.6 is 0 Å².